The van der Waals surface area contributed by atoms with E-state index in [2.05, 4.69) is 0 Å². The number of benzene rings is 3. The Morgan fingerprint density at radius 2 is 1.29 bits per heavy atom. The Morgan fingerprint density at radius 1 is 0.800 bits per heavy atom. The Balaban J connectivity index is 1.51. The molecule has 7 heteroatoms. The molecule has 1 aliphatic heterocycles. The number of aliphatic hydroxyl groups is 2. The molecule has 184 valence electrons. The minimum absolute atomic E-state index is 0.100. The molecule has 0 unspecified atom stereocenters. The van der Waals surface area contributed by atoms with E-state index in [1.807, 2.05) is 91.0 Å². The number of ether oxygens (including phenoxy) is 3. The van der Waals surface area contributed by atoms with Gasteiger partial charge in [-0.1, -0.05) is 91.0 Å². The number of aliphatic hydroxyl groups excluding tert-OH is 2. The van der Waals surface area contributed by atoms with Crippen molar-refractivity contribution in [2.24, 2.45) is 0 Å². The third-order valence-corrected chi connectivity index (χ3v) is 6.05. The lowest BCUT2D eigenvalue weighted by molar-refractivity contribution is -0.0924. The summed E-state index contributed by atoms with van der Waals surface area (Å²) in [5, 5.41) is 20.5. The summed E-state index contributed by atoms with van der Waals surface area (Å²) in [7, 11) is 0. The number of likely N-dealkylation sites (tertiary alicyclic amines) is 1. The van der Waals surface area contributed by atoms with Crippen molar-refractivity contribution < 1.29 is 29.2 Å². The fraction of sp³-hybridized carbons (Fsp3) is 0.321. The van der Waals surface area contributed by atoms with Crippen LogP contribution in [0.25, 0.3) is 0 Å². The summed E-state index contributed by atoms with van der Waals surface area (Å²) in [4.78, 5) is 14.5. The van der Waals surface area contributed by atoms with Crippen molar-refractivity contribution in [1.82, 2.24) is 4.90 Å². The van der Waals surface area contributed by atoms with Crippen LogP contribution in [0, 0.1) is 0 Å². The fourth-order valence-corrected chi connectivity index (χ4v) is 4.25. The molecule has 0 spiro atoms. The molecule has 1 saturated heterocycles. The third kappa shape index (κ3) is 6.68. The predicted octanol–water partition coefficient (Wildman–Crippen LogP) is 3.53. The molecule has 4 atom stereocenters. The largest absolute Gasteiger partial charge is 0.445 e. The van der Waals surface area contributed by atoms with Crippen LogP contribution in [0.2, 0.25) is 0 Å². The zero-order chi connectivity index (χ0) is 24.5. The van der Waals surface area contributed by atoms with Crippen molar-refractivity contribution >= 4 is 6.09 Å². The van der Waals surface area contributed by atoms with Crippen LogP contribution in [0.3, 0.4) is 0 Å². The van der Waals surface area contributed by atoms with Crippen LogP contribution in [0.1, 0.15) is 16.7 Å². The summed E-state index contributed by atoms with van der Waals surface area (Å²) in [5.74, 6) is 0. The van der Waals surface area contributed by atoms with E-state index in [9.17, 15) is 15.0 Å². The number of carbonyl (C=O) groups is 1. The molecule has 4 rings (SSSR count). The summed E-state index contributed by atoms with van der Waals surface area (Å²) in [6, 6.07) is 27.9. The molecule has 3 aromatic rings. The minimum atomic E-state index is -1.22. The first kappa shape index (κ1) is 24.9. The number of amides is 1. The highest BCUT2D eigenvalue weighted by atomic mass is 16.6. The average Bonchev–Trinajstić information content (AvgIpc) is 3.29. The fourth-order valence-electron chi connectivity index (χ4n) is 4.25. The summed E-state index contributed by atoms with van der Waals surface area (Å²) in [5.41, 5.74) is 2.79. The van der Waals surface area contributed by atoms with Gasteiger partial charge in [0.25, 0.3) is 0 Å². The molecule has 0 aromatic heterocycles. The molecule has 1 heterocycles. The number of nitrogens with zero attached hydrogens (tertiary/aromatic N) is 1. The summed E-state index contributed by atoms with van der Waals surface area (Å²) >= 11 is 0. The van der Waals surface area contributed by atoms with Crippen LogP contribution >= 0.6 is 0 Å². The van der Waals surface area contributed by atoms with E-state index in [0.29, 0.717) is 6.61 Å². The summed E-state index contributed by atoms with van der Waals surface area (Å²) < 4.78 is 18.0. The second kappa shape index (κ2) is 12.5. The summed E-state index contributed by atoms with van der Waals surface area (Å²) in [6.07, 6.45) is -2.99. The smallest absolute Gasteiger partial charge is 0.410 e. The Hall–Kier alpha value is -3.23. The molecule has 0 bridgehead atoms. The molecule has 1 aliphatic rings. The Labute approximate surface area is 205 Å². The molecular formula is C28H31NO6. The zero-order valence-electron chi connectivity index (χ0n) is 19.5. The van der Waals surface area contributed by atoms with Crippen LogP contribution in [0.4, 0.5) is 4.79 Å². The number of hydrogen-bond donors (Lipinski definition) is 2. The van der Waals surface area contributed by atoms with Gasteiger partial charge in [-0.2, -0.15) is 0 Å². The van der Waals surface area contributed by atoms with E-state index in [1.165, 1.54) is 4.90 Å². The lowest BCUT2D eigenvalue weighted by Gasteiger charge is -2.31. The van der Waals surface area contributed by atoms with Gasteiger partial charge in [-0.25, -0.2) is 4.79 Å². The van der Waals surface area contributed by atoms with Crippen LogP contribution in [-0.4, -0.2) is 58.7 Å². The topological polar surface area (TPSA) is 88.5 Å². The molecule has 3 aromatic carbocycles. The van der Waals surface area contributed by atoms with E-state index >= 15 is 0 Å². The van der Waals surface area contributed by atoms with Gasteiger partial charge in [-0.05, 0) is 16.7 Å². The van der Waals surface area contributed by atoms with E-state index < -0.39 is 37.1 Å². The van der Waals surface area contributed by atoms with Gasteiger partial charge in [0, 0.05) is 0 Å². The maximum Gasteiger partial charge on any atom is 0.410 e. The predicted molar refractivity (Wildman–Crippen MR) is 130 cm³/mol. The standard InChI is InChI=1S/C28H31NO6/c30-17-24(31)26-27(34-19-22-12-6-2-7-13-22)25(33-18-21-10-4-1-5-11-21)16-29(26)28(32)35-20-23-14-8-3-9-15-23/h1-15,24-27,30-31H,16-20H2/t24-,25-,26-,27+/m0/s1. The van der Waals surface area contributed by atoms with Gasteiger partial charge in [0.15, 0.2) is 0 Å². The van der Waals surface area contributed by atoms with Gasteiger partial charge >= 0.3 is 6.09 Å². The quantitative estimate of drug-likeness (QED) is 0.465. The van der Waals surface area contributed by atoms with Gasteiger partial charge in [0.2, 0.25) is 0 Å². The minimum Gasteiger partial charge on any atom is -0.445 e. The third-order valence-electron chi connectivity index (χ3n) is 6.05. The first-order chi connectivity index (χ1) is 17.2. The zero-order valence-corrected chi connectivity index (χ0v) is 19.5. The van der Waals surface area contributed by atoms with Crippen molar-refractivity contribution in [3.05, 3.63) is 108 Å². The van der Waals surface area contributed by atoms with Gasteiger partial charge in [0.1, 0.15) is 24.9 Å². The van der Waals surface area contributed by atoms with Crippen molar-refractivity contribution in [3.63, 3.8) is 0 Å². The highest BCUT2D eigenvalue weighted by Crippen LogP contribution is 2.29. The maximum absolute atomic E-state index is 13.1. The maximum atomic E-state index is 13.1. The Kier molecular flexibility index (Phi) is 8.86. The van der Waals surface area contributed by atoms with E-state index in [0.717, 1.165) is 16.7 Å². The first-order valence-electron chi connectivity index (χ1n) is 11.7. The number of hydrogen-bond acceptors (Lipinski definition) is 6. The van der Waals surface area contributed by atoms with Crippen molar-refractivity contribution in [1.29, 1.82) is 0 Å². The van der Waals surface area contributed by atoms with Gasteiger partial charge in [-0.3, -0.25) is 4.90 Å². The van der Waals surface area contributed by atoms with Crippen molar-refractivity contribution in [2.75, 3.05) is 13.2 Å². The number of carbonyl (C=O) groups excluding carboxylic acids is 1. The molecule has 1 amide bonds. The lowest BCUT2D eigenvalue weighted by atomic mass is 10.0. The molecule has 2 N–H and O–H groups in total. The molecular weight excluding hydrogens is 446 g/mol. The van der Waals surface area contributed by atoms with E-state index in [-0.39, 0.29) is 19.8 Å². The van der Waals surface area contributed by atoms with E-state index in [1.54, 1.807) is 0 Å². The van der Waals surface area contributed by atoms with Crippen LogP contribution in [0.5, 0.6) is 0 Å². The van der Waals surface area contributed by atoms with Gasteiger partial charge in [0.05, 0.1) is 32.4 Å². The molecule has 7 nitrogen and oxygen atoms in total. The molecule has 1 fully saturated rings. The lowest BCUT2D eigenvalue weighted by Crippen LogP contribution is -2.50. The van der Waals surface area contributed by atoms with Gasteiger partial charge in [-0.15, -0.1) is 0 Å². The monoisotopic (exact) mass is 477 g/mol. The number of rotatable bonds is 10. The normalized spacial score (nSPS) is 20.5. The average molecular weight is 478 g/mol. The molecule has 0 saturated carbocycles. The second-order valence-corrected chi connectivity index (χ2v) is 8.53. The highest BCUT2D eigenvalue weighted by Gasteiger charge is 2.49. The van der Waals surface area contributed by atoms with Crippen LogP contribution in [-0.2, 0) is 34.0 Å². The SMILES string of the molecule is O=C(OCc1ccccc1)N1C[C@H](OCc2ccccc2)[C@@H](OCc2ccccc2)[C@@H]1[C@@H](O)CO. The van der Waals surface area contributed by atoms with Crippen molar-refractivity contribution in [2.45, 2.75) is 44.2 Å². The molecule has 0 aliphatic carbocycles. The Bertz CT molecular complexity index is 1030. The molecule has 0 radical (unpaired) electrons. The van der Waals surface area contributed by atoms with Crippen molar-refractivity contribution in [3.8, 4) is 0 Å². The summed E-state index contributed by atoms with van der Waals surface area (Å²) in [6.45, 7) is 0.346. The van der Waals surface area contributed by atoms with Gasteiger partial charge < -0.3 is 24.4 Å². The molecule has 35 heavy (non-hydrogen) atoms. The first-order valence-corrected chi connectivity index (χ1v) is 11.7. The highest BCUT2D eigenvalue weighted by molar-refractivity contribution is 5.69. The Morgan fingerprint density at radius 3 is 1.80 bits per heavy atom. The van der Waals surface area contributed by atoms with E-state index in [4.69, 9.17) is 14.2 Å². The van der Waals surface area contributed by atoms with Crippen LogP contribution in [0.15, 0.2) is 91.0 Å². The van der Waals surface area contributed by atoms with Crippen LogP contribution < -0.4 is 0 Å². The second-order valence-electron chi connectivity index (χ2n) is 8.53.